The molecule has 2 fully saturated rings. The summed E-state index contributed by atoms with van der Waals surface area (Å²) >= 11 is 0. The molecule has 2 saturated heterocycles. The molecule has 4 rings (SSSR count). The highest BCUT2D eigenvalue weighted by molar-refractivity contribution is 6.05. The van der Waals surface area contributed by atoms with Gasteiger partial charge in [0.05, 0.1) is 0 Å². The third kappa shape index (κ3) is 3.48. The van der Waals surface area contributed by atoms with E-state index >= 15 is 0 Å². The fourth-order valence-corrected chi connectivity index (χ4v) is 4.18. The van der Waals surface area contributed by atoms with E-state index in [1.165, 1.54) is 0 Å². The first-order valence-corrected chi connectivity index (χ1v) is 9.80. The van der Waals surface area contributed by atoms with Crippen molar-refractivity contribution in [3.05, 3.63) is 71.6 Å². The number of hydrogen-bond donors (Lipinski definition) is 0. The molecule has 0 saturated carbocycles. The minimum atomic E-state index is 0.0824. The first kappa shape index (κ1) is 17.8. The molecule has 0 radical (unpaired) electrons. The fraction of sp³-hybridized carbons (Fsp3) is 0.391. The second kappa shape index (κ2) is 7.18. The Bertz CT molecular complexity index is 873. The quantitative estimate of drug-likeness (QED) is 0.591. The van der Waals surface area contributed by atoms with Crippen molar-refractivity contribution in [2.45, 2.75) is 45.2 Å². The van der Waals surface area contributed by atoms with Gasteiger partial charge in [-0.1, -0.05) is 44.2 Å². The number of nitrogens with zero attached hydrogens (tertiary/aromatic N) is 3. The number of allylic oxidation sites excluding steroid dienone is 1. The zero-order valence-corrected chi connectivity index (χ0v) is 16.3. The molecule has 1 aromatic carbocycles. The van der Waals surface area contributed by atoms with Gasteiger partial charge in [-0.3, -0.25) is 4.79 Å². The summed E-state index contributed by atoms with van der Waals surface area (Å²) < 4.78 is 0. The third-order valence-electron chi connectivity index (χ3n) is 5.75. The molecule has 2 aromatic rings. The molecule has 140 valence electrons. The van der Waals surface area contributed by atoms with Crippen molar-refractivity contribution >= 4 is 11.6 Å². The number of hydrogen-bond acceptors (Lipinski definition) is 4. The molecule has 0 amide bonds. The van der Waals surface area contributed by atoms with Gasteiger partial charge in [-0.05, 0) is 37.0 Å². The summed E-state index contributed by atoms with van der Waals surface area (Å²) in [5.74, 6) is 1.61. The highest BCUT2D eigenvalue weighted by Gasteiger charge is 2.42. The molecule has 0 unspecified atom stereocenters. The summed E-state index contributed by atoms with van der Waals surface area (Å²) in [6, 6.07) is 15.0. The highest BCUT2D eigenvalue weighted by atomic mass is 16.1. The molecule has 2 bridgehead atoms. The summed E-state index contributed by atoms with van der Waals surface area (Å²) in [7, 11) is 0. The van der Waals surface area contributed by atoms with Gasteiger partial charge in [0, 0.05) is 48.7 Å². The number of ketones is 1. The van der Waals surface area contributed by atoms with Crippen LogP contribution >= 0.6 is 0 Å². The van der Waals surface area contributed by atoms with Crippen molar-refractivity contribution in [2.75, 3.05) is 18.0 Å². The fourth-order valence-electron chi connectivity index (χ4n) is 4.18. The maximum atomic E-state index is 12.5. The van der Waals surface area contributed by atoms with E-state index in [1.54, 1.807) is 6.08 Å². The maximum Gasteiger partial charge on any atom is 0.187 e. The van der Waals surface area contributed by atoms with Crippen LogP contribution in [-0.2, 0) is 0 Å². The third-order valence-corrected chi connectivity index (χ3v) is 5.75. The van der Waals surface area contributed by atoms with Gasteiger partial charge in [-0.2, -0.15) is 0 Å². The Hall–Kier alpha value is -2.62. The number of carbonyl (C=O) groups is 1. The molecule has 0 spiro atoms. The van der Waals surface area contributed by atoms with Crippen LogP contribution in [0.3, 0.4) is 0 Å². The molecular formula is C23H27N3O. The van der Waals surface area contributed by atoms with Gasteiger partial charge in [-0.15, -0.1) is 0 Å². The molecule has 2 aliphatic heterocycles. The monoisotopic (exact) mass is 361 g/mol. The lowest BCUT2D eigenvalue weighted by molar-refractivity contribution is 0.104. The van der Waals surface area contributed by atoms with Crippen LogP contribution in [0.5, 0.6) is 0 Å². The van der Waals surface area contributed by atoms with E-state index in [-0.39, 0.29) is 5.78 Å². The maximum absolute atomic E-state index is 12.5. The average molecular weight is 361 g/mol. The number of aromatic nitrogens is 1. The number of fused-ring (bicyclic) bond motifs is 2. The van der Waals surface area contributed by atoms with E-state index in [0.717, 1.165) is 42.1 Å². The van der Waals surface area contributed by atoms with E-state index < -0.39 is 0 Å². The van der Waals surface area contributed by atoms with Crippen LogP contribution in [0.2, 0.25) is 0 Å². The van der Waals surface area contributed by atoms with E-state index in [1.807, 2.05) is 37.4 Å². The standard InChI is InChI=1S/C23H27N3O/c1-16(2)21-9-6-10-23(24-21)26-15-18-13-19(26)14-25(18)12-11-22(27)20-8-5-4-7-17(20)3/h4-12,16,18-19H,13-15H2,1-3H3/b12-11+/t18-,19-/m1/s1. The zero-order valence-electron chi connectivity index (χ0n) is 16.3. The Balaban J connectivity index is 1.42. The minimum Gasteiger partial charge on any atom is -0.370 e. The summed E-state index contributed by atoms with van der Waals surface area (Å²) in [6.45, 7) is 8.27. The molecule has 27 heavy (non-hydrogen) atoms. The number of anilines is 1. The van der Waals surface area contributed by atoms with Gasteiger partial charge in [0.2, 0.25) is 0 Å². The number of carbonyl (C=O) groups excluding carboxylic acids is 1. The van der Waals surface area contributed by atoms with Crippen LogP contribution in [0.25, 0.3) is 0 Å². The van der Waals surface area contributed by atoms with Crippen LogP contribution in [0.4, 0.5) is 5.82 Å². The Morgan fingerprint density at radius 3 is 2.63 bits per heavy atom. The van der Waals surface area contributed by atoms with Crippen LogP contribution < -0.4 is 4.90 Å². The number of rotatable bonds is 5. The second-order valence-corrected chi connectivity index (χ2v) is 7.96. The van der Waals surface area contributed by atoms with Crippen molar-refractivity contribution in [1.82, 2.24) is 9.88 Å². The van der Waals surface area contributed by atoms with Crippen molar-refractivity contribution in [3.63, 3.8) is 0 Å². The lowest BCUT2D eigenvalue weighted by Crippen LogP contribution is -2.44. The van der Waals surface area contributed by atoms with Gasteiger partial charge >= 0.3 is 0 Å². The molecule has 1 aromatic heterocycles. The van der Waals surface area contributed by atoms with Crippen LogP contribution in [0.1, 0.15) is 47.8 Å². The lowest BCUT2D eigenvalue weighted by Gasteiger charge is -2.34. The van der Waals surface area contributed by atoms with Crippen molar-refractivity contribution in [2.24, 2.45) is 0 Å². The van der Waals surface area contributed by atoms with E-state index in [2.05, 4.69) is 41.8 Å². The smallest absolute Gasteiger partial charge is 0.187 e. The Kier molecular flexibility index (Phi) is 4.73. The van der Waals surface area contributed by atoms with Crippen molar-refractivity contribution in [3.8, 4) is 0 Å². The predicted molar refractivity (Wildman–Crippen MR) is 109 cm³/mol. The molecule has 0 N–H and O–H groups in total. The SMILES string of the molecule is Cc1ccccc1C(=O)/C=C/N1C[C@H]2C[C@@H]1CN2c1cccc(C(C)C)n1. The molecule has 4 heteroatoms. The van der Waals surface area contributed by atoms with E-state index in [9.17, 15) is 4.79 Å². The Labute approximate surface area is 161 Å². The van der Waals surface area contributed by atoms with Gasteiger partial charge in [0.1, 0.15) is 5.82 Å². The Morgan fingerprint density at radius 1 is 1.11 bits per heavy atom. The lowest BCUT2D eigenvalue weighted by atomic mass is 10.1. The highest BCUT2D eigenvalue weighted by Crippen LogP contribution is 2.34. The molecule has 2 atom stereocenters. The molecule has 2 aliphatic rings. The summed E-state index contributed by atoms with van der Waals surface area (Å²) in [5.41, 5.74) is 2.96. The van der Waals surface area contributed by atoms with Crippen LogP contribution in [-0.4, -0.2) is 40.8 Å². The summed E-state index contributed by atoms with van der Waals surface area (Å²) in [4.78, 5) is 22.1. The first-order chi connectivity index (χ1) is 13.0. The summed E-state index contributed by atoms with van der Waals surface area (Å²) in [5, 5.41) is 0. The molecular weight excluding hydrogens is 334 g/mol. The van der Waals surface area contributed by atoms with Crippen LogP contribution in [0.15, 0.2) is 54.7 Å². The molecule has 4 nitrogen and oxygen atoms in total. The van der Waals surface area contributed by atoms with Gasteiger partial charge < -0.3 is 9.80 Å². The van der Waals surface area contributed by atoms with E-state index in [4.69, 9.17) is 4.98 Å². The second-order valence-electron chi connectivity index (χ2n) is 7.96. The molecule has 0 aliphatic carbocycles. The van der Waals surface area contributed by atoms with Gasteiger partial charge in [-0.25, -0.2) is 4.98 Å². The molecule has 3 heterocycles. The van der Waals surface area contributed by atoms with Gasteiger partial charge in [0.25, 0.3) is 0 Å². The number of piperazine rings is 1. The average Bonchev–Trinajstić information content (AvgIpc) is 3.27. The van der Waals surface area contributed by atoms with Crippen LogP contribution in [0, 0.1) is 6.92 Å². The number of likely N-dealkylation sites (tertiary alicyclic amines) is 1. The minimum absolute atomic E-state index is 0.0824. The van der Waals surface area contributed by atoms with Crippen molar-refractivity contribution in [1.29, 1.82) is 0 Å². The largest absolute Gasteiger partial charge is 0.370 e. The zero-order chi connectivity index (χ0) is 19.0. The van der Waals surface area contributed by atoms with Gasteiger partial charge in [0.15, 0.2) is 5.78 Å². The van der Waals surface area contributed by atoms with E-state index in [0.29, 0.717) is 18.0 Å². The van der Waals surface area contributed by atoms with Crippen molar-refractivity contribution < 1.29 is 4.79 Å². The topological polar surface area (TPSA) is 36.4 Å². The number of pyridine rings is 1. The number of aryl methyl sites for hydroxylation is 1. The summed E-state index contributed by atoms with van der Waals surface area (Å²) in [6.07, 6.45) is 4.86. The Morgan fingerprint density at radius 2 is 1.93 bits per heavy atom. The normalized spacial score (nSPS) is 21.6. The number of benzene rings is 1. The predicted octanol–water partition coefficient (Wildman–Crippen LogP) is 4.17. The first-order valence-electron chi connectivity index (χ1n) is 9.80.